The lowest BCUT2D eigenvalue weighted by Gasteiger charge is -2.48. The van der Waals surface area contributed by atoms with E-state index in [2.05, 4.69) is 26.1 Å². The maximum atomic E-state index is 11.4. The number of rotatable bonds is 4. The van der Waals surface area contributed by atoms with Gasteiger partial charge in [0.1, 0.15) is 0 Å². The number of carbonyl (C=O) groups is 1. The number of carboxylic acids is 1. The lowest BCUT2D eigenvalue weighted by Crippen LogP contribution is -2.56. The summed E-state index contributed by atoms with van der Waals surface area (Å²) in [6.45, 7) is 6.31. The summed E-state index contributed by atoms with van der Waals surface area (Å²) < 4.78 is 0. The Morgan fingerprint density at radius 2 is 2.05 bits per heavy atom. The number of nitrogens with one attached hydrogen (secondary N) is 1. The van der Waals surface area contributed by atoms with Gasteiger partial charge in [0, 0.05) is 5.69 Å². The molecule has 4 nitrogen and oxygen atoms in total. The third-order valence-electron chi connectivity index (χ3n) is 4.83. The van der Waals surface area contributed by atoms with Gasteiger partial charge in [0.25, 0.3) is 0 Å². The molecule has 1 aliphatic rings. The van der Waals surface area contributed by atoms with Crippen molar-refractivity contribution >= 4 is 11.7 Å². The fraction of sp³-hybridized carbons (Fsp3) is 0.588. The molecule has 1 aliphatic carbocycles. The highest BCUT2D eigenvalue weighted by Gasteiger charge is 2.44. The standard InChI is InChI=1S/C17H25NO3/c1-11(2)17(9-8-12(3)10-15(17)19)18-14-7-5-4-6-13(14)16(20)21/h4-7,11-12,15,18-19H,8-10H2,1-3H3,(H,20,21). The van der Waals surface area contributed by atoms with Crippen molar-refractivity contribution in [1.82, 2.24) is 0 Å². The van der Waals surface area contributed by atoms with Crippen LogP contribution >= 0.6 is 0 Å². The Balaban J connectivity index is 2.35. The van der Waals surface area contributed by atoms with Gasteiger partial charge in [-0.25, -0.2) is 4.79 Å². The van der Waals surface area contributed by atoms with E-state index >= 15 is 0 Å². The molecule has 2 rings (SSSR count). The zero-order valence-electron chi connectivity index (χ0n) is 13.0. The van der Waals surface area contributed by atoms with Crippen LogP contribution in [0.25, 0.3) is 0 Å². The van der Waals surface area contributed by atoms with Gasteiger partial charge in [0.05, 0.1) is 17.2 Å². The average Bonchev–Trinajstić information content (AvgIpc) is 2.42. The summed E-state index contributed by atoms with van der Waals surface area (Å²) in [5.74, 6) is -0.235. The Kier molecular flexibility index (Phi) is 4.57. The molecule has 3 N–H and O–H groups in total. The normalized spacial score (nSPS) is 29.4. The van der Waals surface area contributed by atoms with Crippen molar-refractivity contribution in [1.29, 1.82) is 0 Å². The number of aliphatic hydroxyl groups excluding tert-OH is 1. The number of carboxylic acid groups (broad SMARTS) is 1. The van der Waals surface area contributed by atoms with Crippen molar-refractivity contribution in [2.75, 3.05) is 5.32 Å². The highest BCUT2D eigenvalue weighted by molar-refractivity contribution is 5.94. The third kappa shape index (κ3) is 3.05. The van der Waals surface area contributed by atoms with Crippen LogP contribution in [0.5, 0.6) is 0 Å². The fourth-order valence-corrected chi connectivity index (χ4v) is 3.35. The lowest BCUT2D eigenvalue weighted by molar-refractivity contribution is 0.0154. The van der Waals surface area contributed by atoms with Gasteiger partial charge in [-0.05, 0) is 43.2 Å². The maximum absolute atomic E-state index is 11.4. The highest BCUT2D eigenvalue weighted by atomic mass is 16.4. The van der Waals surface area contributed by atoms with Gasteiger partial charge in [-0.3, -0.25) is 0 Å². The van der Waals surface area contributed by atoms with Crippen molar-refractivity contribution < 1.29 is 15.0 Å². The first kappa shape index (κ1) is 15.8. The van der Waals surface area contributed by atoms with Crippen LogP contribution < -0.4 is 5.32 Å². The molecule has 0 heterocycles. The van der Waals surface area contributed by atoms with Gasteiger partial charge in [-0.1, -0.05) is 32.9 Å². The van der Waals surface area contributed by atoms with E-state index in [1.165, 1.54) is 0 Å². The molecule has 1 fully saturated rings. The Hall–Kier alpha value is -1.55. The first-order valence-electron chi connectivity index (χ1n) is 7.65. The largest absolute Gasteiger partial charge is 0.478 e. The third-order valence-corrected chi connectivity index (χ3v) is 4.83. The Morgan fingerprint density at radius 1 is 1.38 bits per heavy atom. The number of hydrogen-bond donors (Lipinski definition) is 3. The van der Waals surface area contributed by atoms with E-state index in [9.17, 15) is 15.0 Å². The van der Waals surface area contributed by atoms with Gasteiger partial charge in [-0.2, -0.15) is 0 Å². The quantitative estimate of drug-likeness (QED) is 0.795. The van der Waals surface area contributed by atoms with Crippen LogP contribution in [-0.2, 0) is 0 Å². The minimum Gasteiger partial charge on any atom is -0.478 e. The molecular weight excluding hydrogens is 266 g/mol. The Bertz CT molecular complexity index is 515. The molecule has 0 aromatic heterocycles. The van der Waals surface area contributed by atoms with E-state index < -0.39 is 17.6 Å². The van der Waals surface area contributed by atoms with Crippen molar-refractivity contribution in [3.05, 3.63) is 29.8 Å². The molecule has 1 aromatic rings. The molecule has 0 bridgehead atoms. The van der Waals surface area contributed by atoms with Gasteiger partial charge in [-0.15, -0.1) is 0 Å². The van der Waals surface area contributed by atoms with E-state index in [0.717, 1.165) is 19.3 Å². The molecule has 0 radical (unpaired) electrons. The molecule has 4 heteroatoms. The van der Waals surface area contributed by atoms with Gasteiger partial charge < -0.3 is 15.5 Å². The molecule has 1 saturated carbocycles. The molecule has 116 valence electrons. The number of benzene rings is 1. The monoisotopic (exact) mass is 291 g/mol. The zero-order valence-corrected chi connectivity index (χ0v) is 13.0. The van der Waals surface area contributed by atoms with E-state index in [1.54, 1.807) is 18.2 Å². The summed E-state index contributed by atoms with van der Waals surface area (Å²) in [5, 5.41) is 23.3. The molecule has 0 amide bonds. The molecule has 0 aliphatic heterocycles. The fourth-order valence-electron chi connectivity index (χ4n) is 3.35. The van der Waals surface area contributed by atoms with Crippen molar-refractivity contribution in [2.24, 2.45) is 11.8 Å². The molecule has 3 unspecified atom stereocenters. The van der Waals surface area contributed by atoms with Crippen LogP contribution in [0, 0.1) is 11.8 Å². The predicted octanol–water partition coefficient (Wildman–Crippen LogP) is 3.37. The Morgan fingerprint density at radius 3 is 2.62 bits per heavy atom. The summed E-state index contributed by atoms with van der Waals surface area (Å²) in [6.07, 6.45) is 2.17. The lowest BCUT2D eigenvalue weighted by atomic mass is 9.69. The highest BCUT2D eigenvalue weighted by Crippen LogP contribution is 2.40. The maximum Gasteiger partial charge on any atom is 0.337 e. The van der Waals surface area contributed by atoms with E-state index in [1.807, 2.05) is 6.07 Å². The number of aliphatic hydroxyl groups is 1. The van der Waals surface area contributed by atoms with Crippen LogP contribution in [0.2, 0.25) is 0 Å². The number of para-hydroxylation sites is 1. The summed E-state index contributed by atoms with van der Waals surface area (Å²) in [5.41, 5.74) is 0.383. The Labute approximate surface area is 126 Å². The van der Waals surface area contributed by atoms with Crippen molar-refractivity contribution in [3.8, 4) is 0 Å². The molecule has 1 aromatic carbocycles. The van der Waals surface area contributed by atoms with E-state index in [-0.39, 0.29) is 11.5 Å². The second-order valence-electron chi connectivity index (χ2n) is 6.57. The number of hydrogen-bond acceptors (Lipinski definition) is 3. The number of anilines is 1. The SMILES string of the molecule is CC1CCC(Nc2ccccc2C(=O)O)(C(C)C)C(O)C1. The van der Waals surface area contributed by atoms with E-state index in [4.69, 9.17) is 0 Å². The summed E-state index contributed by atoms with van der Waals surface area (Å²) in [7, 11) is 0. The first-order valence-corrected chi connectivity index (χ1v) is 7.65. The predicted molar refractivity (Wildman–Crippen MR) is 83.6 cm³/mol. The van der Waals surface area contributed by atoms with Crippen LogP contribution in [0.15, 0.2) is 24.3 Å². The molecule has 0 saturated heterocycles. The molecule has 21 heavy (non-hydrogen) atoms. The molecule has 0 spiro atoms. The van der Waals surface area contributed by atoms with Crippen LogP contribution in [-0.4, -0.2) is 27.8 Å². The van der Waals surface area contributed by atoms with Crippen LogP contribution in [0.4, 0.5) is 5.69 Å². The smallest absolute Gasteiger partial charge is 0.337 e. The van der Waals surface area contributed by atoms with Gasteiger partial charge in [0.2, 0.25) is 0 Å². The second kappa shape index (κ2) is 6.06. The first-order chi connectivity index (χ1) is 9.86. The minimum absolute atomic E-state index is 0.210. The van der Waals surface area contributed by atoms with Crippen LogP contribution in [0.3, 0.4) is 0 Å². The molecule has 3 atom stereocenters. The number of aromatic carboxylic acids is 1. The van der Waals surface area contributed by atoms with Crippen LogP contribution in [0.1, 0.15) is 50.4 Å². The minimum atomic E-state index is -0.948. The second-order valence-corrected chi connectivity index (χ2v) is 6.57. The van der Waals surface area contributed by atoms with E-state index in [0.29, 0.717) is 11.6 Å². The van der Waals surface area contributed by atoms with Gasteiger partial charge in [0.15, 0.2) is 0 Å². The molecular formula is C17H25NO3. The summed E-state index contributed by atoms with van der Waals surface area (Å²) in [4.78, 5) is 11.4. The van der Waals surface area contributed by atoms with Crippen molar-refractivity contribution in [3.63, 3.8) is 0 Å². The van der Waals surface area contributed by atoms with Crippen molar-refractivity contribution in [2.45, 2.75) is 51.7 Å². The zero-order chi connectivity index (χ0) is 15.6. The average molecular weight is 291 g/mol. The van der Waals surface area contributed by atoms with Gasteiger partial charge >= 0.3 is 5.97 Å². The summed E-state index contributed by atoms with van der Waals surface area (Å²) in [6, 6.07) is 6.91. The topological polar surface area (TPSA) is 69.6 Å². The summed E-state index contributed by atoms with van der Waals surface area (Å²) >= 11 is 0.